The maximum atomic E-state index is 11.8. The Hall–Kier alpha value is -2.93. The second kappa shape index (κ2) is 7.76. The molecular weight excluding hydrogens is 340 g/mol. The molecule has 6 nitrogen and oxygen atoms in total. The predicted octanol–water partition coefficient (Wildman–Crippen LogP) is 2.83. The number of carbonyl (C=O) groups excluding carboxylic acids is 2. The van der Waals surface area contributed by atoms with E-state index in [1.54, 1.807) is 0 Å². The maximum absolute atomic E-state index is 11.8. The second-order valence-electron chi connectivity index (χ2n) is 5.29. The van der Waals surface area contributed by atoms with Crippen molar-refractivity contribution in [3.8, 4) is 5.75 Å². The minimum atomic E-state index is -0.448. The average molecular weight is 356 g/mol. The highest BCUT2D eigenvalue weighted by molar-refractivity contribution is 7.99. The highest BCUT2D eigenvalue weighted by atomic mass is 32.2. The molecule has 3 N–H and O–H groups in total. The largest absolute Gasteiger partial charge is 0.508 e. The number of hydrogen-bond acceptors (Lipinski definition) is 5. The van der Waals surface area contributed by atoms with Crippen LogP contribution in [-0.4, -0.2) is 22.7 Å². The van der Waals surface area contributed by atoms with Crippen LogP contribution in [-0.2, 0) is 10.5 Å². The van der Waals surface area contributed by atoms with Gasteiger partial charge in [0.15, 0.2) is 0 Å². The number of hydrazine groups is 1. The van der Waals surface area contributed by atoms with Crippen LogP contribution >= 0.6 is 11.8 Å². The molecule has 0 fully saturated rings. The summed E-state index contributed by atoms with van der Waals surface area (Å²) in [5.41, 5.74) is 5.85. The van der Waals surface area contributed by atoms with E-state index in [1.807, 2.05) is 30.3 Å². The number of fused-ring (bicyclic) bond motifs is 1. The number of amides is 2. The number of rotatable bonds is 5. The van der Waals surface area contributed by atoms with Crippen LogP contribution in [0.4, 0.5) is 0 Å². The van der Waals surface area contributed by atoms with Gasteiger partial charge in [0, 0.05) is 10.9 Å². The van der Waals surface area contributed by atoms with Crippen molar-refractivity contribution in [1.29, 1.82) is 0 Å². The summed E-state index contributed by atoms with van der Waals surface area (Å²) in [5.74, 6) is 0.861. The van der Waals surface area contributed by atoms with E-state index in [-0.39, 0.29) is 17.4 Å². The molecular formula is C18H16N2O4S. The highest BCUT2D eigenvalue weighted by Gasteiger charge is 2.08. The van der Waals surface area contributed by atoms with Crippen molar-refractivity contribution in [2.24, 2.45) is 0 Å². The Balaban J connectivity index is 1.42. The van der Waals surface area contributed by atoms with Gasteiger partial charge in [-0.25, -0.2) is 0 Å². The van der Waals surface area contributed by atoms with Crippen LogP contribution in [0.2, 0.25) is 0 Å². The highest BCUT2D eigenvalue weighted by Crippen LogP contribution is 2.22. The Labute approximate surface area is 148 Å². The average Bonchev–Trinajstić information content (AvgIpc) is 3.03. The number of hydrogen-bond donors (Lipinski definition) is 3. The van der Waals surface area contributed by atoms with Crippen LogP contribution in [0.15, 0.2) is 59.0 Å². The molecule has 0 aliphatic carbocycles. The Morgan fingerprint density at radius 3 is 2.56 bits per heavy atom. The summed E-state index contributed by atoms with van der Waals surface area (Å²) < 4.78 is 5.67. The zero-order chi connectivity index (χ0) is 17.6. The Kier molecular flexibility index (Phi) is 5.25. The van der Waals surface area contributed by atoms with Crippen molar-refractivity contribution in [2.45, 2.75) is 5.75 Å². The lowest BCUT2D eigenvalue weighted by Crippen LogP contribution is -2.42. The monoisotopic (exact) mass is 356 g/mol. The third kappa shape index (κ3) is 4.54. The molecule has 3 rings (SSSR count). The number of phenols is 1. The van der Waals surface area contributed by atoms with Crippen LogP contribution < -0.4 is 10.9 Å². The Morgan fingerprint density at radius 2 is 1.80 bits per heavy atom. The van der Waals surface area contributed by atoms with Gasteiger partial charge in [-0.1, -0.05) is 18.2 Å². The van der Waals surface area contributed by atoms with E-state index >= 15 is 0 Å². The summed E-state index contributed by atoms with van der Waals surface area (Å²) in [6.07, 6.45) is 0. The molecule has 25 heavy (non-hydrogen) atoms. The molecule has 0 unspecified atom stereocenters. The number of nitrogens with one attached hydrogen (secondary N) is 2. The molecule has 1 heterocycles. The van der Waals surface area contributed by atoms with Gasteiger partial charge in [0.1, 0.15) is 17.1 Å². The van der Waals surface area contributed by atoms with Crippen LogP contribution in [0.3, 0.4) is 0 Å². The third-order valence-corrected chi connectivity index (χ3v) is 4.35. The molecule has 0 saturated carbocycles. The topological polar surface area (TPSA) is 91.6 Å². The second-order valence-corrected chi connectivity index (χ2v) is 6.28. The van der Waals surface area contributed by atoms with E-state index in [1.165, 1.54) is 36.0 Å². The van der Waals surface area contributed by atoms with Crippen molar-refractivity contribution in [3.05, 3.63) is 65.9 Å². The molecule has 128 valence electrons. The van der Waals surface area contributed by atoms with E-state index in [0.29, 0.717) is 11.3 Å². The summed E-state index contributed by atoms with van der Waals surface area (Å²) in [5, 5.41) is 10.2. The standard InChI is InChI=1S/C18H16N2O4S/c21-14-7-5-12(6-8-14)18(23)20-19-17(22)11-25-10-15-9-13-3-1-2-4-16(13)24-15/h1-9,21H,10-11H2,(H,19,22)(H,20,23). The van der Waals surface area contributed by atoms with E-state index < -0.39 is 5.91 Å². The Bertz CT molecular complexity index is 856. The van der Waals surface area contributed by atoms with Gasteiger partial charge in [-0.15, -0.1) is 11.8 Å². The number of aromatic hydroxyl groups is 1. The molecule has 3 aromatic rings. The fourth-order valence-corrected chi connectivity index (χ4v) is 2.90. The summed E-state index contributed by atoms with van der Waals surface area (Å²) in [7, 11) is 0. The minimum Gasteiger partial charge on any atom is -0.508 e. The lowest BCUT2D eigenvalue weighted by molar-refractivity contribution is -0.119. The molecule has 2 amide bonds. The number of carbonyl (C=O) groups is 2. The van der Waals surface area contributed by atoms with E-state index in [9.17, 15) is 14.7 Å². The predicted molar refractivity (Wildman–Crippen MR) is 96.1 cm³/mol. The number of para-hydroxylation sites is 1. The minimum absolute atomic E-state index is 0.0718. The maximum Gasteiger partial charge on any atom is 0.269 e. The quantitative estimate of drug-likeness (QED) is 0.612. The van der Waals surface area contributed by atoms with Gasteiger partial charge >= 0.3 is 0 Å². The summed E-state index contributed by atoms with van der Waals surface area (Å²) in [4.78, 5) is 23.6. The number of furan rings is 1. The summed E-state index contributed by atoms with van der Waals surface area (Å²) >= 11 is 1.39. The van der Waals surface area contributed by atoms with Crippen molar-refractivity contribution in [1.82, 2.24) is 10.9 Å². The lowest BCUT2D eigenvalue weighted by Gasteiger charge is -2.07. The smallest absolute Gasteiger partial charge is 0.269 e. The van der Waals surface area contributed by atoms with Gasteiger partial charge in [-0.05, 0) is 36.4 Å². The zero-order valence-electron chi connectivity index (χ0n) is 13.2. The van der Waals surface area contributed by atoms with Crippen molar-refractivity contribution in [2.75, 3.05) is 5.75 Å². The SMILES string of the molecule is O=C(CSCc1cc2ccccc2o1)NNC(=O)c1ccc(O)cc1. The van der Waals surface area contributed by atoms with Crippen LogP contribution in [0.5, 0.6) is 5.75 Å². The first-order valence-electron chi connectivity index (χ1n) is 7.55. The first-order chi connectivity index (χ1) is 12.1. The lowest BCUT2D eigenvalue weighted by atomic mass is 10.2. The van der Waals surface area contributed by atoms with E-state index in [4.69, 9.17) is 4.42 Å². The molecule has 1 aromatic heterocycles. The molecule has 0 bridgehead atoms. The molecule has 7 heteroatoms. The van der Waals surface area contributed by atoms with Crippen molar-refractivity contribution in [3.63, 3.8) is 0 Å². The third-order valence-electron chi connectivity index (χ3n) is 3.40. The summed E-state index contributed by atoms with van der Waals surface area (Å²) in [6, 6.07) is 15.4. The Morgan fingerprint density at radius 1 is 1.04 bits per heavy atom. The van der Waals surface area contributed by atoms with Gasteiger partial charge < -0.3 is 9.52 Å². The van der Waals surface area contributed by atoms with Gasteiger partial charge in [0.05, 0.1) is 11.5 Å². The number of phenolic OH excluding ortho intramolecular Hbond substituents is 1. The number of benzene rings is 2. The van der Waals surface area contributed by atoms with Crippen LogP contribution in [0, 0.1) is 0 Å². The van der Waals surface area contributed by atoms with E-state index in [2.05, 4.69) is 10.9 Å². The van der Waals surface area contributed by atoms with Gasteiger partial charge in [0.25, 0.3) is 5.91 Å². The molecule has 0 aliphatic rings. The van der Waals surface area contributed by atoms with Crippen LogP contribution in [0.25, 0.3) is 11.0 Å². The fraction of sp³-hybridized carbons (Fsp3) is 0.111. The van der Waals surface area contributed by atoms with Gasteiger partial charge in [-0.2, -0.15) is 0 Å². The molecule has 0 atom stereocenters. The normalized spacial score (nSPS) is 10.6. The zero-order valence-corrected chi connectivity index (χ0v) is 14.0. The molecule has 0 saturated heterocycles. The van der Waals surface area contributed by atoms with Gasteiger partial charge in [-0.3, -0.25) is 20.4 Å². The first-order valence-corrected chi connectivity index (χ1v) is 8.71. The van der Waals surface area contributed by atoms with Crippen LogP contribution in [0.1, 0.15) is 16.1 Å². The summed E-state index contributed by atoms with van der Waals surface area (Å²) in [6.45, 7) is 0. The molecule has 0 aliphatic heterocycles. The molecule has 0 spiro atoms. The fourth-order valence-electron chi connectivity index (χ4n) is 2.20. The van der Waals surface area contributed by atoms with E-state index in [0.717, 1.165) is 16.7 Å². The number of thioether (sulfide) groups is 1. The van der Waals surface area contributed by atoms with Crippen molar-refractivity contribution >= 4 is 34.5 Å². The first kappa shape index (κ1) is 16.9. The molecule has 0 radical (unpaired) electrons. The van der Waals surface area contributed by atoms with Gasteiger partial charge in [0.2, 0.25) is 5.91 Å². The van der Waals surface area contributed by atoms with Crippen molar-refractivity contribution < 1.29 is 19.1 Å². The molecule has 2 aromatic carbocycles.